The first-order chi connectivity index (χ1) is 9.83. The van der Waals surface area contributed by atoms with Crippen LogP contribution in [0.25, 0.3) is 0 Å². The van der Waals surface area contributed by atoms with E-state index in [4.69, 9.17) is 0 Å². The van der Waals surface area contributed by atoms with Gasteiger partial charge in [-0.25, -0.2) is 0 Å². The first-order valence-corrected chi connectivity index (χ1v) is 7.37. The van der Waals surface area contributed by atoms with E-state index in [1.54, 1.807) is 23.9 Å². The average Bonchev–Trinajstić information content (AvgIpc) is 2.40. The van der Waals surface area contributed by atoms with Crippen LogP contribution in [-0.4, -0.2) is 6.36 Å². The topological polar surface area (TPSA) is 9.23 Å². The molecule has 0 saturated carbocycles. The van der Waals surface area contributed by atoms with Crippen molar-refractivity contribution in [1.82, 2.24) is 0 Å². The van der Waals surface area contributed by atoms with Gasteiger partial charge >= 0.3 is 6.36 Å². The first-order valence-electron chi connectivity index (χ1n) is 6.38. The van der Waals surface area contributed by atoms with Crippen LogP contribution in [0.5, 0.6) is 5.75 Å². The minimum atomic E-state index is -4.64. The quantitative estimate of drug-likeness (QED) is 0.690. The van der Waals surface area contributed by atoms with Gasteiger partial charge in [0.1, 0.15) is 5.75 Å². The Morgan fingerprint density at radius 3 is 2.29 bits per heavy atom. The van der Waals surface area contributed by atoms with Crippen LogP contribution in [0.15, 0.2) is 47.4 Å². The molecule has 0 aliphatic carbocycles. The van der Waals surface area contributed by atoms with E-state index in [0.29, 0.717) is 5.75 Å². The first kappa shape index (κ1) is 15.8. The third kappa shape index (κ3) is 5.01. The van der Waals surface area contributed by atoms with Crippen LogP contribution in [-0.2, 0) is 5.75 Å². The highest BCUT2D eigenvalue weighted by Crippen LogP contribution is 2.28. The van der Waals surface area contributed by atoms with Gasteiger partial charge in [0.05, 0.1) is 0 Å². The molecule has 0 radical (unpaired) electrons. The summed E-state index contributed by atoms with van der Waals surface area (Å²) in [7, 11) is 0. The van der Waals surface area contributed by atoms with Crippen LogP contribution >= 0.6 is 11.8 Å². The number of benzene rings is 2. The monoisotopic (exact) mass is 312 g/mol. The van der Waals surface area contributed by atoms with Crippen LogP contribution < -0.4 is 4.74 Å². The van der Waals surface area contributed by atoms with E-state index in [1.807, 2.05) is 13.8 Å². The molecule has 21 heavy (non-hydrogen) atoms. The molecule has 1 nitrogen and oxygen atoms in total. The molecule has 0 fully saturated rings. The van der Waals surface area contributed by atoms with Crippen molar-refractivity contribution < 1.29 is 17.9 Å². The molecule has 0 amide bonds. The van der Waals surface area contributed by atoms with Crippen LogP contribution in [0, 0.1) is 13.8 Å². The van der Waals surface area contributed by atoms with Crippen molar-refractivity contribution in [3.05, 3.63) is 59.2 Å². The number of hydrogen-bond donors (Lipinski definition) is 0. The molecule has 5 heteroatoms. The van der Waals surface area contributed by atoms with Crippen LogP contribution in [0.1, 0.15) is 16.7 Å². The zero-order valence-corrected chi connectivity index (χ0v) is 12.5. The van der Waals surface area contributed by atoms with E-state index >= 15 is 0 Å². The Morgan fingerprint density at radius 1 is 1.00 bits per heavy atom. The Morgan fingerprint density at radius 2 is 1.67 bits per heavy atom. The van der Waals surface area contributed by atoms with E-state index in [0.717, 1.165) is 5.56 Å². The number of aryl methyl sites for hydroxylation is 2. The molecule has 0 atom stereocenters. The summed E-state index contributed by atoms with van der Waals surface area (Å²) in [6, 6.07) is 12.2. The maximum Gasteiger partial charge on any atom is 0.573 e. The van der Waals surface area contributed by atoms with Crippen molar-refractivity contribution in [3.63, 3.8) is 0 Å². The molecule has 112 valence electrons. The van der Waals surface area contributed by atoms with Gasteiger partial charge in [-0.2, -0.15) is 0 Å². The molecule has 0 spiro atoms. The molecule has 0 aliphatic rings. The smallest absolute Gasteiger partial charge is 0.406 e. The molecule has 0 heterocycles. The summed E-state index contributed by atoms with van der Waals surface area (Å²) in [6.45, 7) is 4.08. The van der Waals surface area contributed by atoms with Gasteiger partial charge < -0.3 is 4.74 Å². The second-order valence-corrected chi connectivity index (χ2v) is 5.77. The largest absolute Gasteiger partial charge is 0.573 e. The van der Waals surface area contributed by atoms with Crippen molar-refractivity contribution in [3.8, 4) is 5.75 Å². The predicted octanol–water partition coefficient (Wildman–Crippen LogP) is 5.49. The number of hydrogen-bond acceptors (Lipinski definition) is 2. The third-order valence-electron chi connectivity index (χ3n) is 2.89. The highest BCUT2D eigenvalue weighted by atomic mass is 32.2. The highest BCUT2D eigenvalue weighted by molar-refractivity contribution is 7.98. The number of rotatable bonds is 4. The summed E-state index contributed by atoms with van der Waals surface area (Å²) in [6.07, 6.45) is -4.64. The normalized spacial score (nSPS) is 11.5. The SMILES string of the molecule is Cc1ccc(C)c(SCc2ccc(OC(F)(F)F)cc2)c1. The summed E-state index contributed by atoms with van der Waals surface area (Å²) in [4.78, 5) is 1.19. The molecular formula is C16H15F3OS. The fourth-order valence-corrected chi connectivity index (χ4v) is 2.89. The Kier molecular flexibility index (Phi) is 4.83. The minimum absolute atomic E-state index is 0.192. The van der Waals surface area contributed by atoms with Crippen LogP contribution in [0.3, 0.4) is 0 Å². The second-order valence-electron chi connectivity index (χ2n) is 4.75. The van der Waals surface area contributed by atoms with Gasteiger partial charge in [-0.05, 0) is 43.2 Å². The van der Waals surface area contributed by atoms with Crippen LogP contribution in [0.4, 0.5) is 13.2 Å². The molecule has 0 N–H and O–H groups in total. The fourth-order valence-electron chi connectivity index (χ4n) is 1.81. The van der Waals surface area contributed by atoms with Crippen molar-refractivity contribution in [2.75, 3.05) is 0 Å². The van der Waals surface area contributed by atoms with Gasteiger partial charge in [-0.15, -0.1) is 24.9 Å². The van der Waals surface area contributed by atoms with E-state index < -0.39 is 6.36 Å². The summed E-state index contributed by atoms with van der Waals surface area (Å²) in [5.74, 6) is 0.513. The van der Waals surface area contributed by atoms with E-state index in [1.165, 1.54) is 28.2 Å². The maximum absolute atomic E-state index is 12.1. The Labute approximate surface area is 126 Å². The van der Waals surface area contributed by atoms with Gasteiger partial charge in [-0.1, -0.05) is 29.8 Å². The summed E-state index contributed by atoms with van der Waals surface area (Å²) >= 11 is 1.67. The van der Waals surface area contributed by atoms with Gasteiger partial charge in [0.2, 0.25) is 0 Å². The second kappa shape index (κ2) is 6.43. The van der Waals surface area contributed by atoms with E-state index in [-0.39, 0.29) is 5.75 Å². The summed E-state index contributed by atoms with van der Waals surface area (Å²) in [5, 5.41) is 0. The summed E-state index contributed by atoms with van der Waals surface area (Å²) < 4.78 is 40.0. The highest BCUT2D eigenvalue weighted by Gasteiger charge is 2.30. The molecule has 0 unspecified atom stereocenters. The molecule has 0 saturated heterocycles. The fraction of sp³-hybridized carbons (Fsp3) is 0.250. The molecular weight excluding hydrogens is 297 g/mol. The number of alkyl halides is 3. The molecule has 0 aromatic heterocycles. The zero-order valence-electron chi connectivity index (χ0n) is 11.7. The summed E-state index contributed by atoms with van der Waals surface area (Å²) in [5.41, 5.74) is 3.34. The maximum atomic E-state index is 12.1. The lowest BCUT2D eigenvalue weighted by Gasteiger charge is -2.10. The predicted molar refractivity (Wildman–Crippen MR) is 78.6 cm³/mol. The van der Waals surface area contributed by atoms with Crippen molar-refractivity contribution in [1.29, 1.82) is 0 Å². The lowest BCUT2D eigenvalue weighted by atomic mass is 10.2. The van der Waals surface area contributed by atoms with Gasteiger partial charge in [0.15, 0.2) is 0 Å². The van der Waals surface area contributed by atoms with Crippen molar-refractivity contribution >= 4 is 11.8 Å². The van der Waals surface area contributed by atoms with Gasteiger partial charge in [0, 0.05) is 10.6 Å². The lowest BCUT2D eigenvalue weighted by Crippen LogP contribution is -2.16. The molecule has 0 aliphatic heterocycles. The van der Waals surface area contributed by atoms with Gasteiger partial charge in [-0.3, -0.25) is 0 Å². The number of thioether (sulfide) groups is 1. The standard InChI is InChI=1S/C16H15F3OS/c1-11-3-4-12(2)15(9-11)21-10-13-5-7-14(8-6-13)20-16(17,18)19/h3-9H,10H2,1-2H3. The molecule has 2 aromatic rings. The lowest BCUT2D eigenvalue weighted by molar-refractivity contribution is -0.274. The van der Waals surface area contributed by atoms with Crippen LogP contribution in [0.2, 0.25) is 0 Å². The number of halogens is 3. The molecule has 2 aromatic carbocycles. The minimum Gasteiger partial charge on any atom is -0.406 e. The number of ether oxygens (including phenoxy) is 1. The van der Waals surface area contributed by atoms with Gasteiger partial charge in [0.25, 0.3) is 0 Å². The van der Waals surface area contributed by atoms with Crippen molar-refractivity contribution in [2.45, 2.75) is 30.9 Å². The third-order valence-corrected chi connectivity index (χ3v) is 4.12. The van der Waals surface area contributed by atoms with Crippen molar-refractivity contribution in [2.24, 2.45) is 0 Å². The van der Waals surface area contributed by atoms with E-state index in [2.05, 4.69) is 22.9 Å². The Hall–Kier alpha value is -1.62. The average molecular weight is 312 g/mol. The molecule has 0 bridgehead atoms. The van der Waals surface area contributed by atoms with E-state index in [9.17, 15) is 13.2 Å². The Balaban J connectivity index is 1.99. The molecule has 2 rings (SSSR count). The Bertz CT molecular complexity index is 606. The zero-order chi connectivity index (χ0) is 15.5.